The highest BCUT2D eigenvalue weighted by Gasteiger charge is 2.19. The molecule has 214 valence electrons. The first-order valence-corrected chi connectivity index (χ1v) is 15.7. The second-order valence-electron chi connectivity index (χ2n) is 11.1. The van der Waals surface area contributed by atoms with Gasteiger partial charge in [-0.1, -0.05) is 103 Å². The van der Waals surface area contributed by atoms with Crippen molar-refractivity contribution in [2.24, 2.45) is 0 Å². The van der Waals surface area contributed by atoms with Gasteiger partial charge in [-0.2, -0.15) is 5.26 Å². The zero-order valence-corrected chi connectivity index (χ0v) is 25.1. The van der Waals surface area contributed by atoms with E-state index in [1.54, 1.807) is 11.3 Å². The molecular formula is C40H22N4OS. The minimum Gasteiger partial charge on any atom is -0.456 e. The smallest absolute Gasteiger partial charge is 0.165 e. The Bertz CT molecular complexity index is 2650. The molecule has 46 heavy (non-hydrogen) atoms. The number of thiophene rings is 1. The van der Waals surface area contributed by atoms with Crippen molar-refractivity contribution in [3.05, 3.63) is 139 Å². The molecule has 0 saturated heterocycles. The number of nitrogens with zero attached hydrogens (tertiary/aromatic N) is 4. The van der Waals surface area contributed by atoms with Crippen molar-refractivity contribution >= 4 is 53.4 Å². The average Bonchev–Trinajstić information content (AvgIpc) is 3.70. The van der Waals surface area contributed by atoms with E-state index in [0.717, 1.165) is 69.9 Å². The number of hydrogen-bond donors (Lipinski definition) is 0. The van der Waals surface area contributed by atoms with Crippen LogP contribution in [0.1, 0.15) is 5.56 Å². The summed E-state index contributed by atoms with van der Waals surface area (Å²) in [6.45, 7) is 0. The van der Waals surface area contributed by atoms with Crippen LogP contribution in [0.4, 0.5) is 0 Å². The maximum absolute atomic E-state index is 9.78. The first-order valence-electron chi connectivity index (χ1n) is 14.9. The Hall–Kier alpha value is -6.16. The lowest BCUT2D eigenvalue weighted by Gasteiger charge is -2.09. The summed E-state index contributed by atoms with van der Waals surface area (Å²) in [6.07, 6.45) is 0. The SMILES string of the molecule is N#Cc1cccc2c1sc1c(-c3nc(-c4ccccc4)nc(-c4ccc5c(c4)oc4cccc(-c6ccccc6)c45)n3)cccc12. The molecule has 0 spiro atoms. The van der Waals surface area contributed by atoms with Crippen LogP contribution in [0.3, 0.4) is 0 Å². The van der Waals surface area contributed by atoms with Crippen molar-refractivity contribution < 1.29 is 4.42 Å². The van der Waals surface area contributed by atoms with E-state index in [1.165, 1.54) is 0 Å². The molecule has 0 bridgehead atoms. The third-order valence-corrected chi connectivity index (χ3v) is 9.68. The Labute approximate surface area is 267 Å². The Morgan fingerprint density at radius 2 is 1.15 bits per heavy atom. The fourth-order valence-electron chi connectivity index (χ4n) is 6.25. The molecule has 0 aliphatic rings. The third kappa shape index (κ3) is 4.18. The van der Waals surface area contributed by atoms with E-state index < -0.39 is 0 Å². The van der Waals surface area contributed by atoms with Crippen LogP contribution in [0, 0.1) is 11.3 Å². The number of furan rings is 1. The standard InChI is InChI=1S/C40H22N4OS/c41-23-27-14-7-16-29-30-17-8-18-32(37(30)46-36(27)29)40-43-38(25-12-5-2-6-13-25)42-39(44-40)26-20-21-31-34(22-26)45-33-19-9-15-28(35(31)33)24-10-3-1-4-11-24/h1-22H. The number of aromatic nitrogens is 3. The highest BCUT2D eigenvalue weighted by Crippen LogP contribution is 2.42. The molecule has 0 N–H and O–H groups in total. The van der Waals surface area contributed by atoms with Crippen molar-refractivity contribution in [2.75, 3.05) is 0 Å². The van der Waals surface area contributed by atoms with Gasteiger partial charge in [0.15, 0.2) is 17.5 Å². The van der Waals surface area contributed by atoms with Crippen LogP contribution in [0.15, 0.2) is 138 Å². The summed E-state index contributed by atoms with van der Waals surface area (Å²) in [5.41, 5.74) is 7.20. The molecule has 0 amide bonds. The van der Waals surface area contributed by atoms with E-state index in [-0.39, 0.29) is 0 Å². The van der Waals surface area contributed by atoms with Gasteiger partial charge in [-0.05, 0) is 41.5 Å². The maximum atomic E-state index is 9.78. The molecule has 3 aromatic heterocycles. The largest absolute Gasteiger partial charge is 0.456 e. The maximum Gasteiger partial charge on any atom is 0.165 e. The number of nitriles is 1. The summed E-state index contributed by atoms with van der Waals surface area (Å²) in [7, 11) is 0. The predicted molar refractivity (Wildman–Crippen MR) is 186 cm³/mol. The Kier molecular flexibility index (Phi) is 5.98. The summed E-state index contributed by atoms with van der Waals surface area (Å²) in [5.74, 6) is 1.73. The number of fused-ring (bicyclic) bond motifs is 6. The van der Waals surface area contributed by atoms with E-state index in [9.17, 15) is 5.26 Å². The quantitative estimate of drug-likeness (QED) is 0.199. The lowest BCUT2D eigenvalue weighted by Crippen LogP contribution is -2.00. The highest BCUT2D eigenvalue weighted by molar-refractivity contribution is 7.26. The lowest BCUT2D eigenvalue weighted by atomic mass is 9.99. The third-order valence-electron chi connectivity index (χ3n) is 8.39. The van der Waals surface area contributed by atoms with E-state index in [1.807, 2.05) is 78.9 Å². The Balaban J connectivity index is 1.26. The zero-order valence-electron chi connectivity index (χ0n) is 24.3. The van der Waals surface area contributed by atoms with Gasteiger partial charge < -0.3 is 4.42 Å². The molecular weight excluding hydrogens is 585 g/mol. The van der Waals surface area contributed by atoms with Crippen molar-refractivity contribution in [2.45, 2.75) is 0 Å². The fourth-order valence-corrected chi connectivity index (χ4v) is 7.52. The highest BCUT2D eigenvalue weighted by atomic mass is 32.1. The van der Waals surface area contributed by atoms with Crippen molar-refractivity contribution in [3.63, 3.8) is 0 Å². The molecule has 9 rings (SSSR count). The van der Waals surface area contributed by atoms with Crippen molar-refractivity contribution in [1.29, 1.82) is 5.26 Å². The first kappa shape index (κ1) is 26.3. The monoisotopic (exact) mass is 606 g/mol. The molecule has 0 saturated carbocycles. The minimum absolute atomic E-state index is 0.560. The Morgan fingerprint density at radius 3 is 1.93 bits per heavy atom. The van der Waals surface area contributed by atoms with Crippen LogP contribution in [0.2, 0.25) is 0 Å². The summed E-state index contributed by atoms with van der Waals surface area (Å²) in [6, 6.07) is 47.1. The summed E-state index contributed by atoms with van der Waals surface area (Å²) >= 11 is 1.60. The minimum atomic E-state index is 0.560. The van der Waals surface area contributed by atoms with Gasteiger partial charge in [0.1, 0.15) is 17.2 Å². The zero-order chi connectivity index (χ0) is 30.6. The van der Waals surface area contributed by atoms with Gasteiger partial charge in [-0.15, -0.1) is 11.3 Å². The summed E-state index contributed by atoms with van der Waals surface area (Å²) in [5, 5.41) is 14.0. The van der Waals surface area contributed by atoms with E-state index >= 15 is 0 Å². The molecule has 0 atom stereocenters. The molecule has 3 heterocycles. The number of benzene rings is 6. The molecule has 0 radical (unpaired) electrons. The van der Waals surface area contributed by atoms with Crippen LogP contribution in [0.5, 0.6) is 0 Å². The van der Waals surface area contributed by atoms with Crippen LogP contribution in [0.25, 0.3) is 87.4 Å². The van der Waals surface area contributed by atoms with Crippen molar-refractivity contribution in [3.8, 4) is 51.4 Å². The molecule has 0 fully saturated rings. The van der Waals surface area contributed by atoms with E-state index in [0.29, 0.717) is 23.0 Å². The van der Waals surface area contributed by atoms with Crippen LogP contribution >= 0.6 is 11.3 Å². The molecule has 0 aliphatic carbocycles. The molecule has 6 heteroatoms. The van der Waals surface area contributed by atoms with Gasteiger partial charge in [0, 0.05) is 42.9 Å². The normalized spacial score (nSPS) is 11.5. The second-order valence-corrected chi connectivity index (χ2v) is 12.1. The van der Waals surface area contributed by atoms with Gasteiger partial charge in [0.05, 0.1) is 10.3 Å². The van der Waals surface area contributed by atoms with E-state index in [4.69, 9.17) is 19.4 Å². The van der Waals surface area contributed by atoms with Gasteiger partial charge in [0.25, 0.3) is 0 Å². The molecule has 6 aromatic carbocycles. The van der Waals surface area contributed by atoms with Gasteiger partial charge in [0.2, 0.25) is 0 Å². The van der Waals surface area contributed by atoms with Gasteiger partial charge in [-0.25, -0.2) is 15.0 Å². The van der Waals surface area contributed by atoms with Gasteiger partial charge in [-0.3, -0.25) is 0 Å². The second kappa shape index (κ2) is 10.5. The fraction of sp³-hybridized carbons (Fsp3) is 0. The van der Waals surface area contributed by atoms with Crippen molar-refractivity contribution in [1.82, 2.24) is 15.0 Å². The Morgan fingerprint density at radius 1 is 0.500 bits per heavy atom. The average molecular weight is 607 g/mol. The topological polar surface area (TPSA) is 75.6 Å². The summed E-state index contributed by atoms with van der Waals surface area (Å²) in [4.78, 5) is 15.0. The lowest BCUT2D eigenvalue weighted by molar-refractivity contribution is 0.669. The molecule has 0 aliphatic heterocycles. The van der Waals surface area contributed by atoms with Crippen LogP contribution in [-0.2, 0) is 0 Å². The summed E-state index contributed by atoms with van der Waals surface area (Å²) < 4.78 is 8.43. The van der Waals surface area contributed by atoms with Gasteiger partial charge >= 0.3 is 0 Å². The van der Waals surface area contributed by atoms with Crippen LogP contribution < -0.4 is 0 Å². The van der Waals surface area contributed by atoms with Crippen LogP contribution in [-0.4, -0.2) is 15.0 Å². The molecule has 9 aromatic rings. The number of hydrogen-bond acceptors (Lipinski definition) is 6. The number of rotatable bonds is 4. The first-order chi connectivity index (χ1) is 22.7. The molecule has 5 nitrogen and oxygen atoms in total. The molecule has 0 unspecified atom stereocenters. The predicted octanol–water partition coefficient (Wildman–Crippen LogP) is 10.7. The van der Waals surface area contributed by atoms with E-state index in [2.05, 4.69) is 60.7 Å².